The number of alkyl carbamates (subject to hydrolysis) is 1. The summed E-state index contributed by atoms with van der Waals surface area (Å²) in [6.07, 6.45) is 12.1. The van der Waals surface area contributed by atoms with E-state index in [1.165, 1.54) is 6.42 Å². The number of aliphatic hydroxyl groups excluding tert-OH is 1. The highest BCUT2D eigenvalue weighted by molar-refractivity contribution is 5.86. The van der Waals surface area contributed by atoms with Crippen LogP contribution >= 0.6 is 0 Å². The molecule has 2 aliphatic carbocycles. The third kappa shape index (κ3) is 8.75. The normalized spacial score (nSPS) is 24.9. The Morgan fingerprint density at radius 1 is 0.920 bits per heavy atom. The minimum atomic E-state index is -0.926. The molecule has 50 heavy (non-hydrogen) atoms. The second-order valence-electron chi connectivity index (χ2n) is 14.3. The molecule has 268 valence electrons. The van der Waals surface area contributed by atoms with Crippen LogP contribution in [0.3, 0.4) is 0 Å². The van der Waals surface area contributed by atoms with Crippen LogP contribution in [0.4, 0.5) is 4.79 Å². The van der Waals surface area contributed by atoms with Crippen molar-refractivity contribution in [1.29, 1.82) is 0 Å². The average Bonchev–Trinajstić information content (AvgIpc) is 3.75. The van der Waals surface area contributed by atoms with Crippen LogP contribution in [0.2, 0.25) is 0 Å². The molecule has 2 heterocycles. The van der Waals surface area contributed by atoms with Gasteiger partial charge in [-0.25, -0.2) is 9.59 Å². The number of amides is 3. The summed E-state index contributed by atoms with van der Waals surface area (Å²) in [6.45, 7) is 0.625. The molecule has 10 nitrogen and oxygen atoms in total. The Balaban J connectivity index is 1.12. The Morgan fingerprint density at radius 3 is 2.36 bits per heavy atom. The first kappa shape index (κ1) is 35.6. The molecule has 4 atom stereocenters. The molecule has 1 saturated heterocycles. The number of rotatable bonds is 8. The molecule has 6 rings (SSSR count). The smallest absolute Gasteiger partial charge is 0.407 e. The SMILES string of the molecule is O=C(N[C@H]1CCC=CC[C@H](CC(=O)N2CCC[C@H]2CO)C(=O)N[C@@H](CC2CCCCC2)COC1=O)OCC1c2ccccc2-c2ccccc21. The summed E-state index contributed by atoms with van der Waals surface area (Å²) in [7, 11) is 0. The number of nitrogens with one attached hydrogen (secondary N) is 2. The number of esters is 1. The molecule has 10 heteroatoms. The van der Waals surface area contributed by atoms with Gasteiger partial charge in [-0.2, -0.15) is 0 Å². The molecule has 0 unspecified atom stereocenters. The predicted octanol–water partition coefficient (Wildman–Crippen LogP) is 5.62. The van der Waals surface area contributed by atoms with Gasteiger partial charge in [-0.3, -0.25) is 9.59 Å². The highest BCUT2D eigenvalue weighted by Gasteiger charge is 2.34. The van der Waals surface area contributed by atoms with Gasteiger partial charge in [0.25, 0.3) is 0 Å². The number of nitrogens with zero attached hydrogens (tertiary/aromatic N) is 1. The standard InChI is InChI=1S/C40H51N3O7/c44-24-30-15-11-21-43(30)37(45)23-28-14-5-2-6-20-36(39(47)49-25-29(41-38(28)46)22-27-12-3-1-4-13-27)42-40(48)50-26-35-33-18-9-7-16-31(33)32-17-8-10-19-34(32)35/h2,5,7-10,16-19,27-30,35-36,44H,1,3-4,6,11-15,20-26H2,(H,41,46)(H,42,48)/t28-,29+,30+,36+/m1/s1. The average molecular weight is 686 g/mol. The highest BCUT2D eigenvalue weighted by atomic mass is 16.6. The van der Waals surface area contributed by atoms with E-state index < -0.39 is 30.1 Å². The molecule has 3 N–H and O–H groups in total. The Morgan fingerprint density at radius 2 is 1.64 bits per heavy atom. The van der Waals surface area contributed by atoms with Crippen molar-refractivity contribution in [3.63, 3.8) is 0 Å². The molecule has 4 aliphatic rings. The Labute approximate surface area is 295 Å². The van der Waals surface area contributed by atoms with Crippen molar-refractivity contribution in [3.05, 3.63) is 71.8 Å². The molecule has 0 spiro atoms. The van der Waals surface area contributed by atoms with Gasteiger partial charge in [-0.15, -0.1) is 0 Å². The molecule has 3 amide bonds. The summed E-state index contributed by atoms with van der Waals surface area (Å²) in [5.41, 5.74) is 4.48. The zero-order valence-electron chi connectivity index (χ0n) is 28.9. The number of benzene rings is 2. The third-order valence-corrected chi connectivity index (χ3v) is 10.9. The van der Waals surface area contributed by atoms with E-state index in [0.29, 0.717) is 38.1 Å². The van der Waals surface area contributed by atoms with Gasteiger partial charge in [0.1, 0.15) is 19.3 Å². The fourth-order valence-corrected chi connectivity index (χ4v) is 8.23. The maximum Gasteiger partial charge on any atom is 0.407 e. The quantitative estimate of drug-likeness (QED) is 0.243. The van der Waals surface area contributed by atoms with Gasteiger partial charge in [-0.05, 0) is 66.7 Å². The van der Waals surface area contributed by atoms with Crippen LogP contribution < -0.4 is 10.6 Å². The number of fused-ring (bicyclic) bond motifs is 3. The molecule has 2 aromatic rings. The maximum atomic E-state index is 13.7. The number of hydrogen-bond donors (Lipinski definition) is 3. The second kappa shape index (κ2) is 17.2. The van der Waals surface area contributed by atoms with Gasteiger partial charge in [0.2, 0.25) is 11.8 Å². The molecule has 0 bridgehead atoms. The summed E-state index contributed by atoms with van der Waals surface area (Å²) in [6, 6.07) is 14.7. The van der Waals surface area contributed by atoms with Crippen LogP contribution in [0.25, 0.3) is 11.1 Å². The van der Waals surface area contributed by atoms with Crippen molar-refractivity contribution in [1.82, 2.24) is 15.5 Å². The number of likely N-dealkylation sites (tertiary alicyclic amines) is 1. The van der Waals surface area contributed by atoms with E-state index >= 15 is 0 Å². The lowest BCUT2D eigenvalue weighted by atomic mass is 9.84. The minimum Gasteiger partial charge on any atom is -0.462 e. The molecule has 2 aromatic carbocycles. The lowest BCUT2D eigenvalue weighted by molar-refractivity contribution is -0.148. The minimum absolute atomic E-state index is 0.0171. The number of ether oxygens (including phenoxy) is 2. The maximum absolute atomic E-state index is 13.7. The molecule has 2 fully saturated rings. The lowest BCUT2D eigenvalue weighted by Gasteiger charge is -2.29. The van der Waals surface area contributed by atoms with E-state index in [-0.39, 0.29) is 50.0 Å². The topological polar surface area (TPSA) is 134 Å². The number of hydrogen-bond acceptors (Lipinski definition) is 7. The van der Waals surface area contributed by atoms with Gasteiger partial charge < -0.3 is 30.1 Å². The first-order chi connectivity index (χ1) is 24.4. The van der Waals surface area contributed by atoms with Crippen LogP contribution in [-0.4, -0.2) is 78.4 Å². The zero-order valence-corrected chi connectivity index (χ0v) is 28.9. The molecule has 1 saturated carbocycles. The largest absolute Gasteiger partial charge is 0.462 e. The molecule has 0 aromatic heterocycles. The van der Waals surface area contributed by atoms with Crippen molar-refractivity contribution < 1.29 is 33.8 Å². The van der Waals surface area contributed by atoms with Crippen LogP contribution in [-0.2, 0) is 23.9 Å². The van der Waals surface area contributed by atoms with Gasteiger partial charge in [0.05, 0.1) is 24.6 Å². The van der Waals surface area contributed by atoms with Crippen molar-refractivity contribution in [2.24, 2.45) is 11.8 Å². The monoisotopic (exact) mass is 685 g/mol. The summed E-state index contributed by atoms with van der Waals surface area (Å²) < 4.78 is 11.6. The van der Waals surface area contributed by atoms with Crippen molar-refractivity contribution in [2.75, 3.05) is 26.4 Å². The Kier molecular flexibility index (Phi) is 12.2. The summed E-state index contributed by atoms with van der Waals surface area (Å²) in [5, 5.41) is 15.7. The van der Waals surface area contributed by atoms with E-state index in [1.54, 1.807) is 4.90 Å². The Hall–Kier alpha value is -4.18. The van der Waals surface area contributed by atoms with E-state index in [2.05, 4.69) is 34.9 Å². The number of carbonyl (C=O) groups excluding carboxylic acids is 4. The molecule has 2 aliphatic heterocycles. The zero-order chi connectivity index (χ0) is 34.9. The molecule has 0 radical (unpaired) electrons. The fraction of sp³-hybridized carbons (Fsp3) is 0.550. The van der Waals surface area contributed by atoms with Gasteiger partial charge in [0.15, 0.2) is 0 Å². The summed E-state index contributed by atoms with van der Waals surface area (Å²) in [4.78, 5) is 55.4. The van der Waals surface area contributed by atoms with Crippen LogP contribution in [0.5, 0.6) is 0 Å². The number of cyclic esters (lactones) is 1. The van der Waals surface area contributed by atoms with E-state index in [0.717, 1.165) is 60.8 Å². The van der Waals surface area contributed by atoms with E-state index in [9.17, 15) is 24.3 Å². The van der Waals surface area contributed by atoms with Gasteiger partial charge in [0, 0.05) is 18.9 Å². The van der Waals surface area contributed by atoms with Gasteiger partial charge in [-0.1, -0.05) is 92.8 Å². The highest BCUT2D eigenvalue weighted by Crippen LogP contribution is 2.44. The number of allylic oxidation sites excluding steroid dienone is 2. The first-order valence-electron chi connectivity index (χ1n) is 18.5. The second-order valence-corrected chi connectivity index (χ2v) is 14.3. The van der Waals surface area contributed by atoms with E-state index in [4.69, 9.17) is 9.47 Å². The van der Waals surface area contributed by atoms with Crippen LogP contribution in [0, 0.1) is 11.8 Å². The van der Waals surface area contributed by atoms with Gasteiger partial charge >= 0.3 is 12.1 Å². The van der Waals surface area contributed by atoms with Crippen molar-refractivity contribution in [2.45, 2.75) is 101 Å². The molecular weight excluding hydrogens is 634 g/mol. The molecular formula is C40H51N3O7. The van der Waals surface area contributed by atoms with Crippen molar-refractivity contribution in [3.8, 4) is 11.1 Å². The van der Waals surface area contributed by atoms with Crippen LogP contribution in [0.15, 0.2) is 60.7 Å². The predicted molar refractivity (Wildman–Crippen MR) is 189 cm³/mol. The number of carbonyl (C=O) groups is 4. The summed E-state index contributed by atoms with van der Waals surface area (Å²) in [5.74, 6) is -1.20. The fourth-order valence-electron chi connectivity index (χ4n) is 8.23. The first-order valence-corrected chi connectivity index (χ1v) is 18.5. The van der Waals surface area contributed by atoms with Crippen molar-refractivity contribution >= 4 is 23.9 Å². The Bertz CT molecular complexity index is 1490. The van der Waals surface area contributed by atoms with Crippen LogP contribution in [0.1, 0.15) is 94.1 Å². The third-order valence-electron chi connectivity index (χ3n) is 10.9. The van der Waals surface area contributed by atoms with E-state index in [1.807, 2.05) is 36.4 Å². The number of aliphatic hydroxyl groups is 1. The lowest BCUT2D eigenvalue weighted by Crippen LogP contribution is -2.47. The summed E-state index contributed by atoms with van der Waals surface area (Å²) >= 11 is 0.